The van der Waals surface area contributed by atoms with E-state index in [1.807, 2.05) is 0 Å². The van der Waals surface area contributed by atoms with E-state index in [4.69, 9.17) is 4.74 Å². The van der Waals surface area contributed by atoms with Crippen molar-refractivity contribution in [2.75, 3.05) is 19.8 Å². The number of rotatable bonds is 7. The predicted molar refractivity (Wildman–Crippen MR) is 69.0 cm³/mol. The first-order valence-electron chi connectivity index (χ1n) is 6.86. The van der Waals surface area contributed by atoms with Crippen molar-refractivity contribution in [1.82, 2.24) is 10.6 Å². The predicted octanol–water partition coefficient (Wildman–Crippen LogP) is 1.45. The molecule has 2 N–H and O–H groups in total. The SMILES string of the molecule is CCCC(CC)NCC(=O)NC1CCOCC1. The van der Waals surface area contributed by atoms with Gasteiger partial charge in [0.25, 0.3) is 0 Å². The normalized spacial score (nSPS) is 18.9. The molecule has 0 bridgehead atoms. The van der Waals surface area contributed by atoms with Crippen LogP contribution < -0.4 is 10.6 Å². The van der Waals surface area contributed by atoms with Gasteiger partial charge in [-0.3, -0.25) is 4.79 Å². The van der Waals surface area contributed by atoms with E-state index in [2.05, 4.69) is 24.5 Å². The van der Waals surface area contributed by atoms with Crippen molar-refractivity contribution >= 4 is 5.91 Å². The number of carbonyl (C=O) groups is 1. The van der Waals surface area contributed by atoms with Crippen LogP contribution in [0.2, 0.25) is 0 Å². The van der Waals surface area contributed by atoms with Gasteiger partial charge < -0.3 is 15.4 Å². The van der Waals surface area contributed by atoms with Crippen molar-refractivity contribution < 1.29 is 9.53 Å². The lowest BCUT2D eigenvalue weighted by Crippen LogP contribution is -2.44. The Morgan fingerprint density at radius 2 is 2.06 bits per heavy atom. The molecule has 4 nitrogen and oxygen atoms in total. The molecule has 1 amide bonds. The molecule has 1 aliphatic rings. The molecule has 1 saturated heterocycles. The Bertz CT molecular complexity index is 215. The van der Waals surface area contributed by atoms with E-state index in [0.717, 1.165) is 45.3 Å². The lowest BCUT2D eigenvalue weighted by atomic mass is 10.1. The molecule has 1 rings (SSSR count). The van der Waals surface area contributed by atoms with Gasteiger partial charge in [-0.2, -0.15) is 0 Å². The van der Waals surface area contributed by atoms with Crippen LogP contribution in [0.15, 0.2) is 0 Å². The number of amides is 1. The number of carbonyl (C=O) groups excluding carboxylic acids is 1. The van der Waals surface area contributed by atoms with Gasteiger partial charge in [0.15, 0.2) is 0 Å². The average molecular weight is 242 g/mol. The van der Waals surface area contributed by atoms with Crippen LogP contribution in [0.5, 0.6) is 0 Å². The smallest absolute Gasteiger partial charge is 0.234 e. The van der Waals surface area contributed by atoms with Crippen molar-refractivity contribution in [3.05, 3.63) is 0 Å². The second kappa shape index (κ2) is 8.48. The molecule has 4 heteroatoms. The molecule has 100 valence electrons. The fourth-order valence-electron chi connectivity index (χ4n) is 2.16. The van der Waals surface area contributed by atoms with Gasteiger partial charge in [0, 0.05) is 25.3 Å². The molecule has 1 atom stereocenters. The van der Waals surface area contributed by atoms with Crippen LogP contribution in [0.4, 0.5) is 0 Å². The zero-order chi connectivity index (χ0) is 12.5. The minimum Gasteiger partial charge on any atom is -0.381 e. The highest BCUT2D eigenvalue weighted by Gasteiger charge is 2.16. The fourth-order valence-corrected chi connectivity index (χ4v) is 2.16. The van der Waals surface area contributed by atoms with E-state index < -0.39 is 0 Å². The van der Waals surface area contributed by atoms with Gasteiger partial charge in [-0.05, 0) is 25.7 Å². The molecule has 0 radical (unpaired) electrons. The van der Waals surface area contributed by atoms with Crippen LogP contribution in [-0.4, -0.2) is 37.7 Å². The molecule has 0 aromatic rings. The summed E-state index contributed by atoms with van der Waals surface area (Å²) in [5.74, 6) is 0.117. The highest BCUT2D eigenvalue weighted by Crippen LogP contribution is 2.05. The van der Waals surface area contributed by atoms with E-state index in [-0.39, 0.29) is 5.91 Å². The van der Waals surface area contributed by atoms with Gasteiger partial charge in [-0.25, -0.2) is 0 Å². The molecule has 0 spiro atoms. The summed E-state index contributed by atoms with van der Waals surface area (Å²) in [6.07, 6.45) is 5.27. The maximum atomic E-state index is 11.7. The number of nitrogens with one attached hydrogen (secondary N) is 2. The Labute approximate surface area is 104 Å². The van der Waals surface area contributed by atoms with Gasteiger partial charge in [-0.15, -0.1) is 0 Å². The third kappa shape index (κ3) is 6.03. The summed E-state index contributed by atoms with van der Waals surface area (Å²) in [6, 6.07) is 0.782. The second-order valence-electron chi connectivity index (χ2n) is 4.73. The molecule has 0 saturated carbocycles. The molecule has 1 unspecified atom stereocenters. The first-order chi connectivity index (χ1) is 8.26. The average Bonchev–Trinajstić information content (AvgIpc) is 2.35. The molecule has 0 aromatic carbocycles. The van der Waals surface area contributed by atoms with E-state index >= 15 is 0 Å². The Morgan fingerprint density at radius 1 is 1.35 bits per heavy atom. The van der Waals surface area contributed by atoms with E-state index in [1.54, 1.807) is 0 Å². The summed E-state index contributed by atoms with van der Waals surface area (Å²) in [6.45, 7) is 6.31. The molecule has 1 heterocycles. The fraction of sp³-hybridized carbons (Fsp3) is 0.923. The van der Waals surface area contributed by atoms with Crippen LogP contribution in [0.1, 0.15) is 46.0 Å². The highest BCUT2D eigenvalue weighted by atomic mass is 16.5. The van der Waals surface area contributed by atoms with Gasteiger partial charge in [0.1, 0.15) is 0 Å². The quantitative estimate of drug-likeness (QED) is 0.710. The largest absolute Gasteiger partial charge is 0.381 e. The highest BCUT2D eigenvalue weighted by molar-refractivity contribution is 5.78. The summed E-state index contributed by atoms with van der Waals surface area (Å²) < 4.78 is 5.26. The van der Waals surface area contributed by atoms with Gasteiger partial charge >= 0.3 is 0 Å². The Morgan fingerprint density at radius 3 is 2.65 bits per heavy atom. The molecule has 0 aromatic heterocycles. The second-order valence-corrected chi connectivity index (χ2v) is 4.73. The summed E-state index contributed by atoms with van der Waals surface area (Å²) in [4.78, 5) is 11.7. The maximum absolute atomic E-state index is 11.7. The summed E-state index contributed by atoms with van der Waals surface area (Å²) in [5.41, 5.74) is 0. The number of hydrogen-bond acceptors (Lipinski definition) is 3. The lowest BCUT2D eigenvalue weighted by molar-refractivity contribution is -0.121. The van der Waals surface area contributed by atoms with Crippen molar-refractivity contribution in [2.24, 2.45) is 0 Å². The monoisotopic (exact) mass is 242 g/mol. The summed E-state index contributed by atoms with van der Waals surface area (Å²) >= 11 is 0. The molecule has 1 aliphatic heterocycles. The summed E-state index contributed by atoms with van der Waals surface area (Å²) in [7, 11) is 0. The van der Waals surface area contributed by atoms with Crippen LogP contribution >= 0.6 is 0 Å². The number of ether oxygens (including phenoxy) is 1. The van der Waals surface area contributed by atoms with Crippen LogP contribution in [0, 0.1) is 0 Å². The van der Waals surface area contributed by atoms with E-state index in [1.165, 1.54) is 0 Å². The van der Waals surface area contributed by atoms with Crippen LogP contribution in [0.25, 0.3) is 0 Å². The lowest BCUT2D eigenvalue weighted by Gasteiger charge is -2.24. The Balaban J connectivity index is 2.14. The van der Waals surface area contributed by atoms with Crippen molar-refractivity contribution in [2.45, 2.75) is 58.0 Å². The first-order valence-corrected chi connectivity index (χ1v) is 6.86. The first kappa shape index (κ1) is 14.5. The van der Waals surface area contributed by atoms with Crippen LogP contribution in [0.3, 0.4) is 0 Å². The molecule has 17 heavy (non-hydrogen) atoms. The van der Waals surface area contributed by atoms with E-state index in [0.29, 0.717) is 18.6 Å². The van der Waals surface area contributed by atoms with Crippen molar-refractivity contribution in [1.29, 1.82) is 0 Å². The minimum absolute atomic E-state index is 0.117. The van der Waals surface area contributed by atoms with Gasteiger partial charge in [0.05, 0.1) is 6.54 Å². The minimum atomic E-state index is 0.117. The standard InChI is InChI=1S/C13H26N2O2/c1-3-5-11(4-2)14-10-13(16)15-12-6-8-17-9-7-12/h11-12,14H,3-10H2,1-2H3,(H,15,16). The third-order valence-electron chi connectivity index (χ3n) is 3.27. The zero-order valence-electron chi connectivity index (χ0n) is 11.1. The molecule has 1 fully saturated rings. The van der Waals surface area contributed by atoms with Crippen LogP contribution in [-0.2, 0) is 9.53 Å². The maximum Gasteiger partial charge on any atom is 0.234 e. The van der Waals surface area contributed by atoms with Crippen molar-refractivity contribution in [3.63, 3.8) is 0 Å². The molecule has 0 aliphatic carbocycles. The third-order valence-corrected chi connectivity index (χ3v) is 3.27. The van der Waals surface area contributed by atoms with Gasteiger partial charge in [0.2, 0.25) is 5.91 Å². The Hall–Kier alpha value is -0.610. The topological polar surface area (TPSA) is 50.4 Å². The Kier molecular flexibility index (Phi) is 7.21. The molecular weight excluding hydrogens is 216 g/mol. The molecular formula is C13H26N2O2. The number of hydrogen-bond donors (Lipinski definition) is 2. The zero-order valence-corrected chi connectivity index (χ0v) is 11.1. The summed E-state index contributed by atoms with van der Waals surface area (Å²) in [5, 5.41) is 6.38. The van der Waals surface area contributed by atoms with Gasteiger partial charge in [-0.1, -0.05) is 20.3 Å². The van der Waals surface area contributed by atoms with Crippen molar-refractivity contribution in [3.8, 4) is 0 Å². The van der Waals surface area contributed by atoms with E-state index in [9.17, 15) is 4.79 Å².